The van der Waals surface area contributed by atoms with Gasteiger partial charge in [-0.25, -0.2) is 16.8 Å². The number of nitrogens with zero attached hydrogens (tertiary/aromatic N) is 2. The van der Waals surface area contributed by atoms with E-state index in [1.807, 2.05) is 0 Å². The number of nitriles is 2. The summed E-state index contributed by atoms with van der Waals surface area (Å²) in [6, 6.07) is 3.36. The smallest absolute Gasteiger partial charge is 0.145 e. The topological polar surface area (TPSA) is 116 Å². The van der Waals surface area contributed by atoms with E-state index in [1.54, 1.807) is 12.1 Å². The van der Waals surface area contributed by atoms with Gasteiger partial charge < -0.3 is 0 Å². The number of rotatable bonds is 6. The minimum absolute atomic E-state index is 0.151. The molecule has 0 spiro atoms. The van der Waals surface area contributed by atoms with E-state index in [9.17, 15) is 16.8 Å². The van der Waals surface area contributed by atoms with Crippen LogP contribution in [0.4, 0.5) is 0 Å². The van der Waals surface area contributed by atoms with Crippen LogP contribution in [0.2, 0.25) is 0 Å². The highest BCUT2D eigenvalue weighted by molar-refractivity contribution is 7.72. The lowest BCUT2D eigenvalue weighted by molar-refractivity contribution is 0.481. The van der Waals surface area contributed by atoms with Crippen molar-refractivity contribution in [3.63, 3.8) is 0 Å². The average Bonchev–Trinajstić information content (AvgIpc) is 2.19. The van der Waals surface area contributed by atoms with Crippen LogP contribution in [0.3, 0.4) is 0 Å². The lowest BCUT2D eigenvalue weighted by atomic mass is 9.86. The molecule has 0 aliphatic carbocycles. The van der Waals surface area contributed by atoms with Gasteiger partial charge in [0.05, 0.1) is 23.6 Å². The summed E-state index contributed by atoms with van der Waals surface area (Å²) in [6.45, 7) is 0. The second-order valence-corrected chi connectivity index (χ2v) is 5.14. The van der Waals surface area contributed by atoms with Gasteiger partial charge in [0.15, 0.2) is 0 Å². The van der Waals surface area contributed by atoms with Crippen molar-refractivity contribution in [3.8, 4) is 12.1 Å². The molecule has 0 fully saturated rings. The maximum atomic E-state index is 10.3. The first kappa shape index (κ1) is 13.9. The van der Waals surface area contributed by atoms with Crippen LogP contribution in [0.1, 0.15) is 12.8 Å². The van der Waals surface area contributed by atoms with Gasteiger partial charge in [-0.1, -0.05) is 0 Å². The predicted octanol–water partition coefficient (Wildman–Crippen LogP) is -0.977. The van der Waals surface area contributed by atoms with Crippen molar-refractivity contribution < 1.29 is 16.8 Å². The predicted molar refractivity (Wildman–Crippen MR) is 53.3 cm³/mol. The third-order valence-corrected chi connectivity index (χ3v) is 3.05. The highest BCUT2D eigenvalue weighted by Crippen LogP contribution is 2.24. The van der Waals surface area contributed by atoms with E-state index in [0.717, 1.165) is 0 Å². The Labute approximate surface area is 91.0 Å². The minimum atomic E-state index is -2.66. The average molecular weight is 250 g/mol. The number of thiol groups is 2. The molecule has 0 amide bonds. The maximum absolute atomic E-state index is 10.3. The Hall–Kier alpha value is -1.12. The van der Waals surface area contributed by atoms with Crippen LogP contribution < -0.4 is 0 Å². The lowest BCUT2D eigenvalue weighted by Gasteiger charge is -2.14. The van der Waals surface area contributed by atoms with Gasteiger partial charge in [-0.05, 0) is 12.8 Å². The first-order valence-electron chi connectivity index (χ1n) is 4.02. The quantitative estimate of drug-likeness (QED) is 0.585. The zero-order valence-electron chi connectivity index (χ0n) is 7.75. The Kier molecular flexibility index (Phi) is 5.90. The third kappa shape index (κ3) is 5.35. The molecule has 0 radical (unpaired) electrons. The minimum Gasteiger partial charge on any atom is -0.232 e. The van der Waals surface area contributed by atoms with E-state index < -0.39 is 26.8 Å². The summed E-state index contributed by atoms with van der Waals surface area (Å²) in [7, 11) is -5.31. The first-order chi connectivity index (χ1) is 6.95. The van der Waals surface area contributed by atoms with Gasteiger partial charge in [-0.3, -0.25) is 0 Å². The Bertz CT molecular complexity index is 381. The van der Waals surface area contributed by atoms with Gasteiger partial charge in [0.25, 0.3) is 0 Å². The fourth-order valence-electron chi connectivity index (χ4n) is 0.938. The molecule has 0 aromatic carbocycles. The van der Waals surface area contributed by atoms with Gasteiger partial charge in [0.2, 0.25) is 0 Å². The highest BCUT2D eigenvalue weighted by atomic mass is 32.2. The van der Waals surface area contributed by atoms with Gasteiger partial charge in [-0.2, -0.15) is 10.5 Å². The van der Waals surface area contributed by atoms with Crippen molar-refractivity contribution in [2.75, 3.05) is 11.5 Å². The lowest BCUT2D eigenvalue weighted by Crippen LogP contribution is -2.20. The summed E-state index contributed by atoms with van der Waals surface area (Å²) in [6.07, 6.45) is -0.302. The van der Waals surface area contributed by atoms with E-state index in [1.165, 1.54) is 0 Å². The summed E-state index contributed by atoms with van der Waals surface area (Å²) < 4.78 is 41.3. The van der Waals surface area contributed by atoms with E-state index >= 15 is 0 Å². The second kappa shape index (κ2) is 6.38. The van der Waals surface area contributed by atoms with Crippen molar-refractivity contribution in [3.05, 3.63) is 0 Å². The molecule has 0 aromatic rings. The number of hydrogen-bond donors (Lipinski definition) is 2. The molecular weight excluding hydrogens is 240 g/mol. The van der Waals surface area contributed by atoms with Gasteiger partial charge >= 0.3 is 0 Å². The van der Waals surface area contributed by atoms with Crippen LogP contribution in [-0.4, -0.2) is 28.3 Å². The molecule has 0 aliphatic heterocycles. The maximum Gasteiger partial charge on any atom is 0.145 e. The fraction of sp³-hybridized carbons (Fsp3) is 0.714. The molecule has 6 nitrogen and oxygen atoms in total. The fourth-order valence-corrected chi connectivity index (χ4v) is 2.07. The van der Waals surface area contributed by atoms with Crippen molar-refractivity contribution in [2.24, 2.45) is 5.41 Å². The Balaban J connectivity index is 4.61. The first-order valence-corrected chi connectivity index (χ1v) is 6.74. The van der Waals surface area contributed by atoms with E-state index in [4.69, 9.17) is 10.5 Å². The van der Waals surface area contributed by atoms with Crippen molar-refractivity contribution >= 4 is 21.4 Å². The Morgan fingerprint density at radius 3 is 1.40 bits per heavy atom. The molecule has 0 unspecified atom stereocenters. The van der Waals surface area contributed by atoms with Crippen molar-refractivity contribution in [1.82, 2.24) is 0 Å². The molecule has 0 aromatic heterocycles. The standard InChI is InChI=1S/C7H10N2O4S2/c8-5-7(6-9,1-3-14(10)11)2-4-15(12)13/h14-15H,1-4H2. The van der Waals surface area contributed by atoms with Crippen LogP contribution in [0.15, 0.2) is 0 Å². The molecule has 0 heterocycles. The largest absolute Gasteiger partial charge is 0.232 e. The monoisotopic (exact) mass is 250 g/mol. The second-order valence-electron chi connectivity index (χ2n) is 2.92. The van der Waals surface area contributed by atoms with E-state index in [2.05, 4.69) is 0 Å². The summed E-state index contributed by atoms with van der Waals surface area (Å²) in [5, 5.41) is 17.5. The van der Waals surface area contributed by atoms with Crippen molar-refractivity contribution in [2.45, 2.75) is 12.8 Å². The molecule has 84 valence electrons. The number of hydrogen-bond acceptors (Lipinski definition) is 6. The van der Waals surface area contributed by atoms with Crippen LogP contribution in [0, 0.1) is 28.1 Å². The summed E-state index contributed by atoms with van der Waals surface area (Å²) in [5.74, 6) is -0.571. The summed E-state index contributed by atoms with van der Waals surface area (Å²) in [4.78, 5) is 0. The SMILES string of the molecule is N#CC(C#N)(CC[SH](=O)=O)CC[SH](=O)=O. The zero-order chi connectivity index (χ0) is 11.9. The van der Waals surface area contributed by atoms with Crippen LogP contribution in [-0.2, 0) is 21.4 Å². The van der Waals surface area contributed by atoms with E-state index in [-0.39, 0.29) is 24.3 Å². The van der Waals surface area contributed by atoms with Crippen LogP contribution in [0.5, 0.6) is 0 Å². The molecule has 0 bridgehead atoms. The van der Waals surface area contributed by atoms with E-state index in [0.29, 0.717) is 0 Å². The van der Waals surface area contributed by atoms with Crippen molar-refractivity contribution in [1.29, 1.82) is 10.5 Å². The van der Waals surface area contributed by atoms with Crippen LogP contribution in [0.25, 0.3) is 0 Å². The molecule has 0 saturated heterocycles. The molecule has 0 rings (SSSR count). The summed E-state index contributed by atoms with van der Waals surface area (Å²) in [5.41, 5.74) is -1.51. The molecule has 15 heavy (non-hydrogen) atoms. The molecule has 8 heteroatoms. The van der Waals surface area contributed by atoms with Gasteiger partial charge in [-0.15, -0.1) is 0 Å². The molecule has 0 saturated carbocycles. The molecule has 0 aliphatic rings. The van der Waals surface area contributed by atoms with Gasteiger partial charge in [0, 0.05) is 0 Å². The third-order valence-electron chi connectivity index (χ3n) is 1.87. The Morgan fingerprint density at radius 1 is 0.867 bits per heavy atom. The molecule has 0 atom stereocenters. The summed E-state index contributed by atoms with van der Waals surface area (Å²) >= 11 is 0. The Morgan fingerprint density at radius 2 is 1.20 bits per heavy atom. The zero-order valence-corrected chi connectivity index (χ0v) is 9.54. The highest BCUT2D eigenvalue weighted by Gasteiger charge is 2.29. The van der Waals surface area contributed by atoms with Crippen LogP contribution >= 0.6 is 0 Å². The molecular formula is C7H10N2O4S2. The van der Waals surface area contributed by atoms with Gasteiger partial charge in [0.1, 0.15) is 26.8 Å². The molecule has 0 N–H and O–H groups in total. The normalized spacial score (nSPS) is 11.2.